The Bertz CT molecular complexity index is 282. The molecule has 0 aliphatic rings. The summed E-state index contributed by atoms with van der Waals surface area (Å²) in [4.78, 5) is 0. The minimum absolute atomic E-state index is 0.255. The van der Waals surface area contributed by atoms with E-state index in [0.717, 1.165) is 11.1 Å². The molecule has 64 valence electrons. The number of rotatable bonds is 2. The molecule has 0 unspecified atom stereocenters. The van der Waals surface area contributed by atoms with Crippen molar-refractivity contribution in [1.29, 1.82) is 0 Å². The Hall–Kier alpha value is -1.15. The molecule has 0 fully saturated rings. The maximum atomic E-state index is 13.1. The molecule has 0 saturated carbocycles. The molecule has 0 heterocycles. The second-order valence-electron chi connectivity index (χ2n) is 2.66. The molecule has 12 heavy (non-hydrogen) atoms. The molecule has 0 aliphatic carbocycles. The number of aliphatic hydroxyl groups is 1. The zero-order chi connectivity index (χ0) is 9.14. The Labute approximate surface area is 71.2 Å². The minimum Gasteiger partial charge on any atom is -0.392 e. The van der Waals surface area contributed by atoms with Crippen LogP contribution in [0.25, 0.3) is 6.08 Å². The highest BCUT2D eigenvalue weighted by Gasteiger charge is 2.04. The van der Waals surface area contributed by atoms with E-state index < -0.39 is 0 Å². The third-order valence-electron chi connectivity index (χ3n) is 1.83. The van der Waals surface area contributed by atoms with Gasteiger partial charge in [-0.05, 0) is 24.1 Å². The third-order valence-corrected chi connectivity index (χ3v) is 1.83. The normalized spacial score (nSPS) is 9.92. The zero-order valence-corrected chi connectivity index (χ0v) is 6.97. The van der Waals surface area contributed by atoms with Gasteiger partial charge in [-0.3, -0.25) is 0 Å². The Morgan fingerprint density at radius 1 is 1.58 bits per heavy atom. The molecule has 1 aromatic rings. The summed E-state index contributed by atoms with van der Waals surface area (Å²) < 4.78 is 13.1. The summed E-state index contributed by atoms with van der Waals surface area (Å²) in [5.41, 5.74) is 1.86. The summed E-state index contributed by atoms with van der Waals surface area (Å²) >= 11 is 0. The first-order valence-corrected chi connectivity index (χ1v) is 3.71. The molecule has 0 aromatic heterocycles. The van der Waals surface area contributed by atoms with Crippen LogP contribution in [0.2, 0.25) is 0 Å². The van der Waals surface area contributed by atoms with E-state index in [1.165, 1.54) is 6.07 Å². The van der Waals surface area contributed by atoms with Gasteiger partial charge in [0.1, 0.15) is 5.82 Å². The molecule has 0 atom stereocenters. The standard InChI is InChI=1S/C10H11FO/c1-3-8-4-7(2)9(6-12)10(11)5-8/h3-5,12H,1,6H2,2H3. The maximum Gasteiger partial charge on any atom is 0.129 e. The molecule has 0 radical (unpaired) electrons. The van der Waals surface area contributed by atoms with Crippen molar-refractivity contribution < 1.29 is 9.50 Å². The Morgan fingerprint density at radius 3 is 2.67 bits per heavy atom. The first-order valence-electron chi connectivity index (χ1n) is 3.71. The highest BCUT2D eigenvalue weighted by Crippen LogP contribution is 2.16. The van der Waals surface area contributed by atoms with E-state index in [-0.39, 0.29) is 12.4 Å². The Morgan fingerprint density at radius 2 is 2.25 bits per heavy atom. The lowest BCUT2D eigenvalue weighted by atomic mass is 10.1. The quantitative estimate of drug-likeness (QED) is 0.714. The number of aryl methyl sites for hydroxylation is 1. The second-order valence-corrected chi connectivity index (χ2v) is 2.66. The smallest absolute Gasteiger partial charge is 0.129 e. The van der Waals surface area contributed by atoms with Crippen molar-refractivity contribution in [2.24, 2.45) is 0 Å². The summed E-state index contributed by atoms with van der Waals surface area (Å²) in [6.07, 6.45) is 1.58. The molecule has 0 spiro atoms. The highest BCUT2D eigenvalue weighted by atomic mass is 19.1. The first kappa shape index (κ1) is 8.94. The predicted octanol–water partition coefficient (Wildman–Crippen LogP) is 2.27. The summed E-state index contributed by atoms with van der Waals surface area (Å²) in [5, 5.41) is 8.80. The molecule has 1 N–H and O–H groups in total. The van der Waals surface area contributed by atoms with Gasteiger partial charge >= 0.3 is 0 Å². The minimum atomic E-state index is -0.368. The summed E-state index contributed by atoms with van der Waals surface area (Å²) in [5.74, 6) is -0.368. The van der Waals surface area contributed by atoms with Crippen molar-refractivity contribution in [2.75, 3.05) is 0 Å². The molecular weight excluding hydrogens is 155 g/mol. The van der Waals surface area contributed by atoms with E-state index in [0.29, 0.717) is 5.56 Å². The highest BCUT2D eigenvalue weighted by molar-refractivity contribution is 5.50. The second kappa shape index (κ2) is 3.50. The molecule has 0 bridgehead atoms. The van der Waals surface area contributed by atoms with Gasteiger partial charge in [-0.25, -0.2) is 4.39 Å². The molecule has 2 heteroatoms. The van der Waals surface area contributed by atoms with Gasteiger partial charge in [-0.15, -0.1) is 0 Å². The fourth-order valence-electron chi connectivity index (χ4n) is 1.12. The van der Waals surface area contributed by atoms with Gasteiger partial charge in [0.25, 0.3) is 0 Å². The average molecular weight is 166 g/mol. The van der Waals surface area contributed by atoms with Crippen LogP contribution in [0.3, 0.4) is 0 Å². The monoisotopic (exact) mass is 166 g/mol. The van der Waals surface area contributed by atoms with E-state index in [1.807, 2.05) is 0 Å². The van der Waals surface area contributed by atoms with E-state index in [2.05, 4.69) is 6.58 Å². The van der Waals surface area contributed by atoms with Crippen LogP contribution in [0.5, 0.6) is 0 Å². The maximum absolute atomic E-state index is 13.1. The van der Waals surface area contributed by atoms with E-state index in [9.17, 15) is 4.39 Å². The van der Waals surface area contributed by atoms with Crippen molar-refractivity contribution in [3.8, 4) is 0 Å². The third kappa shape index (κ3) is 1.53. The van der Waals surface area contributed by atoms with Crippen LogP contribution in [0, 0.1) is 12.7 Å². The largest absolute Gasteiger partial charge is 0.392 e. The number of benzene rings is 1. The molecular formula is C10H11FO. The van der Waals surface area contributed by atoms with Crippen molar-refractivity contribution in [1.82, 2.24) is 0 Å². The van der Waals surface area contributed by atoms with Gasteiger partial charge in [-0.2, -0.15) is 0 Å². The Balaban J connectivity index is 3.27. The van der Waals surface area contributed by atoms with Crippen LogP contribution in [-0.4, -0.2) is 5.11 Å². The van der Waals surface area contributed by atoms with Crippen LogP contribution in [0.4, 0.5) is 4.39 Å². The molecule has 0 saturated heterocycles. The van der Waals surface area contributed by atoms with Crippen molar-refractivity contribution in [2.45, 2.75) is 13.5 Å². The predicted molar refractivity (Wildman–Crippen MR) is 47.2 cm³/mol. The van der Waals surface area contributed by atoms with Crippen molar-refractivity contribution in [3.05, 3.63) is 41.2 Å². The Kier molecular flexibility index (Phi) is 2.61. The van der Waals surface area contributed by atoms with Crippen LogP contribution in [0.1, 0.15) is 16.7 Å². The molecule has 0 aliphatic heterocycles. The average Bonchev–Trinajstić information content (AvgIpc) is 2.03. The van der Waals surface area contributed by atoms with Gasteiger partial charge in [0.15, 0.2) is 0 Å². The van der Waals surface area contributed by atoms with Crippen LogP contribution in [-0.2, 0) is 6.61 Å². The molecule has 1 rings (SSSR count). The number of aliphatic hydroxyl groups excluding tert-OH is 1. The summed E-state index contributed by atoms with van der Waals surface area (Å²) in [6.45, 7) is 5.05. The van der Waals surface area contributed by atoms with Crippen LogP contribution < -0.4 is 0 Å². The van der Waals surface area contributed by atoms with Crippen molar-refractivity contribution >= 4 is 6.08 Å². The SMILES string of the molecule is C=Cc1cc(C)c(CO)c(F)c1. The topological polar surface area (TPSA) is 20.2 Å². The zero-order valence-electron chi connectivity index (χ0n) is 6.97. The van der Waals surface area contributed by atoms with E-state index in [4.69, 9.17) is 5.11 Å². The van der Waals surface area contributed by atoms with Gasteiger partial charge < -0.3 is 5.11 Å². The number of hydrogen-bond donors (Lipinski definition) is 1. The summed E-state index contributed by atoms with van der Waals surface area (Å²) in [6, 6.07) is 3.16. The summed E-state index contributed by atoms with van der Waals surface area (Å²) in [7, 11) is 0. The van der Waals surface area contributed by atoms with E-state index >= 15 is 0 Å². The lowest BCUT2D eigenvalue weighted by Crippen LogP contribution is -1.94. The number of halogens is 1. The van der Waals surface area contributed by atoms with E-state index in [1.54, 1.807) is 19.1 Å². The van der Waals surface area contributed by atoms with Gasteiger partial charge in [0, 0.05) is 5.56 Å². The molecule has 1 nitrogen and oxygen atoms in total. The van der Waals surface area contributed by atoms with Crippen molar-refractivity contribution in [3.63, 3.8) is 0 Å². The number of hydrogen-bond acceptors (Lipinski definition) is 1. The molecule has 0 amide bonds. The van der Waals surface area contributed by atoms with Gasteiger partial charge in [0.2, 0.25) is 0 Å². The van der Waals surface area contributed by atoms with Gasteiger partial charge in [-0.1, -0.05) is 18.7 Å². The lowest BCUT2D eigenvalue weighted by Gasteiger charge is -2.04. The fourth-order valence-corrected chi connectivity index (χ4v) is 1.12. The lowest BCUT2D eigenvalue weighted by molar-refractivity contribution is 0.275. The van der Waals surface area contributed by atoms with Gasteiger partial charge in [0.05, 0.1) is 6.61 Å². The fraction of sp³-hybridized carbons (Fsp3) is 0.200. The van der Waals surface area contributed by atoms with Crippen LogP contribution in [0.15, 0.2) is 18.7 Å². The van der Waals surface area contributed by atoms with Crippen LogP contribution >= 0.6 is 0 Å². The first-order chi connectivity index (χ1) is 5.69. The molecule has 1 aromatic carbocycles.